The normalized spacial score (nSPS) is 17.0. The molecule has 144 valence electrons. The van der Waals surface area contributed by atoms with Crippen LogP contribution in [0, 0.1) is 20.8 Å². The molecule has 0 aromatic carbocycles. The van der Waals surface area contributed by atoms with Crippen molar-refractivity contribution in [1.29, 1.82) is 0 Å². The molecule has 1 atom stereocenters. The Hall–Kier alpha value is -3.16. The van der Waals surface area contributed by atoms with Crippen LogP contribution >= 0.6 is 0 Å². The second-order valence-electron chi connectivity index (χ2n) is 7.09. The van der Waals surface area contributed by atoms with Gasteiger partial charge in [-0.1, -0.05) is 5.16 Å². The molecule has 3 aromatic rings. The van der Waals surface area contributed by atoms with Crippen molar-refractivity contribution in [2.75, 3.05) is 6.54 Å². The monoisotopic (exact) mass is 378 g/mol. The molecule has 1 aliphatic rings. The minimum Gasteiger partial charge on any atom is -0.361 e. The predicted octanol–water partition coefficient (Wildman–Crippen LogP) is 3.21. The van der Waals surface area contributed by atoms with E-state index in [-0.39, 0.29) is 11.9 Å². The first kappa shape index (κ1) is 18.2. The van der Waals surface area contributed by atoms with Crippen molar-refractivity contribution in [3.8, 4) is 11.3 Å². The highest BCUT2D eigenvalue weighted by atomic mass is 16.5. The van der Waals surface area contributed by atoms with E-state index in [9.17, 15) is 4.79 Å². The lowest BCUT2D eigenvalue weighted by molar-refractivity contribution is 0.0598. The van der Waals surface area contributed by atoms with Crippen LogP contribution in [0.25, 0.3) is 11.3 Å². The molecule has 8 nitrogen and oxygen atoms in total. The van der Waals surface area contributed by atoms with Gasteiger partial charge in [0.25, 0.3) is 5.91 Å². The number of hydrogen-bond acceptors (Lipinski definition) is 7. The van der Waals surface area contributed by atoms with Crippen LogP contribution in [-0.2, 0) is 0 Å². The molecule has 1 fully saturated rings. The zero-order valence-electron chi connectivity index (χ0n) is 16.2. The number of nitrogens with zero attached hydrogens (tertiary/aromatic N) is 6. The van der Waals surface area contributed by atoms with E-state index in [0.29, 0.717) is 17.9 Å². The molecule has 4 rings (SSSR count). The smallest absolute Gasteiger partial charge is 0.257 e. The van der Waals surface area contributed by atoms with Crippen molar-refractivity contribution in [2.45, 2.75) is 46.1 Å². The molecule has 0 bridgehead atoms. The number of amides is 1. The van der Waals surface area contributed by atoms with Gasteiger partial charge in [0.05, 0.1) is 28.6 Å². The van der Waals surface area contributed by atoms with Gasteiger partial charge < -0.3 is 9.42 Å². The van der Waals surface area contributed by atoms with Gasteiger partial charge in [-0.15, -0.1) is 0 Å². The Morgan fingerprint density at radius 3 is 2.64 bits per heavy atom. The summed E-state index contributed by atoms with van der Waals surface area (Å²) in [6.07, 6.45) is 7.32. The Bertz CT molecular complexity index is 982. The largest absolute Gasteiger partial charge is 0.361 e. The Kier molecular flexibility index (Phi) is 4.85. The first-order valence-electron chi connectivity index (χ1n) is 9.39. The van der Waals surface area contributed by atoms with Crippen LogP contribution in [0.1, 0.15) is 58.6 Å². The molecule has 0 spiro atoms. The molecule has 1 unspecified atom stereocenters. The summed E-state index contributed by atoms with van der Waals surface area (Å²) in [6, 6.07) is 1.75. The number of aryl methyl sites for hydroxylation is 3. The summed E-state index contributed by atoms with van der Waals surface area (Å²) in [6.45, 7) is 6.37. The predicted molar refractivity (Wildman–Crippen MR) is 101 cm³/mol. The van der Waals surface area contributed by atoms with Gasteiger partial charge in [0.15, 0.2) is 5.82 Å². The molecular formula is C20H22N6O2. The van der Waals surface area contributed by atoms with E-state index in [4.69, 9.17) is 9.51 Å². The fourth-order valence-corrected chi connectivity index (χ4v) is 3.74. The lowest BCUT2D eigenvalue weighted by Gasteiger charge is -2.35. The molecule has 1 saturated heterocycles. The number of rotatable bonds is 3. The molecular weight excluding hydrogens is 356 g/mol. The van der Waals surface area contributed by atoms with Crippen LogP contribution in [0.4, 0.5) is 0 Å². The number of aromatic nitrogens is 5. The van der Waals surface area contributed by atoms with Crippen molar-refractivity contribution in [3.05, 3.63) is 53.3 Å². The van der Waals surface area contributed by atoms with Crippen LogP contribution in [0.15, 0.2) is 29.3 Å². The number of carbonyl (C=O) groups excluding carboxylic acids is 1. The Labute approximate surface area is 163 Å². The third-order valence-electron chi connectivity index (χ3n) is 5.03. The lowest BCUT2D eigenvalue weighted by Crippen LogP contribution is -2.39. The summed E-state index contributed by atoms with van der Waals surface area (Å²) in [5.74, 6) is 1.29. The van der Waals surface area contributed by atoms with Gasteiger partial charge in [-0.05, 0) is 46.1 Å². The van der Waals surface area contributed by atoms with Crippen molar-refractivity contribution in [1.82, 2.24) is 30.0 Å². The summed E-state index contributed by atoms with van der Waals surface area (Å²) in [4.78, 5) is 32.3. The third kappa shape index (κ3) is 3.37. The Morgan fingerprint density at radius 2 is 1.93 bits per heavy atom. The van der Waals surface area contributed by atoms with Crippen LogP contribution in [-0.4, -0.2) is 42.4 Å². The van der Waals surface area contributed by atoms with Gasteiger partial charge in [0.1, 0.15) is 12.1 Å². The number of hydrogen-bond donors (Lipinski definition) is 0. The Morgan fingerprint density at radius 1 is 1.14 bits per heavy atom. The average molecular weight is 378 g/mol. The van der Waals surface area contributed by atoms with Crippen LogP contribution < -0.4 is 0 Å². The van der Waals surface area contributed by atoms with E-state index in [2.05, 4.69) is 20.1 Å². The van der Waals surface area contributed by atoms with E-state index in [1.807, 2.05) is 31.7 Å². The van der Waals surface area contributed by atoms with Gasteiger partial charge in [-0.2, -0.15) is 0 Å². The van der Waals surface area contributed by atoms with Crippen molar-refractivity contribution >= 4 is 5.91 Å². The molecule has 1 aliphatic heterocycles. The molecule has 4 heterocycles. The van der Waals surface area contributed by atoms with Crippen LogP contribution in [0.3, 0.4) is 0 Å². The van der Waals surface area contributed by atoms with E-state index < -0.39 is 0 Å². The quantitative estimate of drug-likeness (QED) is 0.690. The van der Waals surface area contributed by atoms with Crippen LogP contribution in [0.5, 0.6) is 0 Å². The highest BCUT2D eigenvalue weighted by molar-refractivity contribution is 5.93. The molecule has 8 heteroatoms. The highest BCUT2D eigenvalue weighted by Crippen LogP contribution is 2.32. The first-order chi connectivity index (χ1) is 13.5. The van der Waals surface area contributed by atoms with E-state index >= 15 is 0 Å². The minimum absolute atomic E-state index is 0.0886. The molecule has 0 aliphatic carbocycles. The van der Waals surface area contributed by atoms with E-state index in [1.165, 1.54) is 6.33 Å². The fraction of sp³-hybridized carbons (Fsp3) is 0.400. The van der Waals surface area contributed by atoms with Gasteiger partial charge in [0.2, 0.25) is 0 Å². The third-order valence-corrected chi connectivity index (χ3v) is 5.03. The summed E-state index contributed by atoms with van der Waals surface area (Å²) in [7, 11) is 0. The summed E-state index contributed by atoms with van der Waals surface area (Å²) < 4.78 is 5.30. The molecule has 1 amide bonds. The maximum Gasteiger partial charge on any atom is 0.257 e. The SMILES string of the molecule is Cc1cc(-c2c(C)noc2C)nc(C2CCCCN2C(=O)c2cncnc2)n1. The molecule has 0 saturated carbocycles. The standard InChI is InChI=1S/C20H22N6O2/c1-12-8-16(18-13(2)25-28-14(18)3)24-19(23-12)17-6-4-5-7-26(17)20(27)15-9-21-11-22-10-15/h8-11,17H,4-7H2,1-3H3. The fourth-order valence-electron chi connectivity index (χ4n) is 3.74. The lowest BCUT2D eigenvalue weighted by atomic mass is 9.99. The molecule has 28 heavy (non-hydrogen) atoms. The zero-order chi connectivity index (χ0) is 19.7. The van der Waals surface area contributed by atoms with Crippen molar-refractivity contribution in [3.63, 3.8) is 0 Å². The summed E-state index contributed by atoms with van der Waals surface area (Å²) >= 11 is 0. The van der Waals surface area contributed by atoms with Crippen molar-refractivity contribution in [2.24, 2.45) is 0 Å². The maximum absolute atomic E-state index is 13.1. The van der Waals surface area contributed by atoms with Gasteiger partial charge in [-0.25, -0.2) is 19.9 Å². The van der Waals surface area contributed by atoms with E-state index in [1.54, 1.807) is 12.4 Å². The van der Waals surface area contributed by atoms with Crippen LogP contribution in [0.2, 0.25) is 0 Å². The summed E-state index contributed by atoms with van der Waals surface area (Å²) in [5.41, 5.74) is 3.78. The Balaban J connectivity index is 1.73. The molecule has 0 N–H and O–H groups in total. The minimum atomic E-state index is -0.180. The molecule has 0 radical (unpaired) electrons. The number of carbonyl (C=O) groups is 1. The first-order valence-corrected chi connectivity index (χ1v) is 9.39. The van der Waals surface area contributed by atoms with E-state index in [0.717, 1.165) is 47.7 Å². The van der Waals surface area contributed by atoms with Gasteiger partial charge in [0, 0.05) is 24.6 Å². The second-order valence-corrected chi connectivity index (χ2v) is 7.09. The highest BCUT2D eigenvalue weighted by Gasteiger charge is 2.31. The number of likely N-dealkylation sites (tertiary alicyclic amines) is 1. The average Bonchev–Trinajstić information content (AvgIpc) is 3.06. The maximum atomic E-state index is 13.1. The van der Waals surface area contributed by atoms with Crippen molar-refractivity contribution < 1.29 is 9.32 Å². The zero-order valence-corrected chi connectivity index (χ0v) is 16.2. The topological polar surface area (TPSA) is 97.9 Å². The van der Waals surface area contributed by atoms with Gasteiger partial charge >= 0.3 is 0 Å². The van der Waals surface area contributed by atoms with Gasteiger partial charge in [-0.3, -0.25) is 4.79 Å². The summed E-state index contributed by atoms with van der Waals surface area (Å²) in [5, 5.41) is 4.03. The number of piperidine rings is 1. The second kappa shape index (κ2) is 7.46. The molecule has 3 aromatic heterocycles.